The van der Waals surface area contributed by atoms with E-state index in [1.807, 2.05) is 6.07 Å². The zero-order valence-electron chi connectivity index (χ0n) is 17.5. The average Bonchev–Trinajstić information content (AvgIpc) is 2.78. The maximum atomic E-state index is 12.7. The molecule has 2 aliphatic heterocycles. The summed E-state index contributed by atoms with van der Waals surface area (Å²) < 4.78 is 6.96. The van der Waals surface area contributed by atoms with Crippen molar-refractivity contribution < 1.29 is 4.74 Å². The Hall–Kier alpha value is -3.10. The van der Waals surface area contributed by atoms with E-state index in [1.165, 1.54) is 23.5 Å². The molecule has 2 aliphatic rings. The number of halogens is 1. The van der Waals surface area contributed by atoms with Crippen LogP contribution < -0.4 is 26.1 Å². The molecule has 0 saturated carbocycles. The van der Waals surface area contributed by atoms with Gasteiger partial charge in [0.25, 0.3) is 11.1 Å². The second kappa shape index (κ2) is 8.44. The largest absolute Gasteiger partial charge is 0.487 e. The molecule has 3 aromatic rings. The molecule has 0 unspecified atom stereocenters. The van der Waals surface area contributed by atoms with Gasteiger partial charge in [0.2, 0.25) is 0 Å². The molecule has 1 spiro atoms. The number of H-pyrrole nitrogens is 1. The van der Waals surface area contributed by atoms with E-state index in [2.05, 4.69) is 20.2 Å². The van der Waals surface area contributed by atoms with Crippen LogP contribution >= 0.6 is 11.6 Å². The van der Waals surface area contributed by atoms with Crippen molar-refractivity contribution in [1.82, 2.24) is 19.9 Å². The maximum Gasteiger partial charge on any atom is 0.273 e. The van der Waals surface area contributed by atoms with Crippen LogP contribution in [0.25, 0.3) is 5.69 Å². The van der Waals surface area contributed by atoms with Crippen LogP contribution in [0.2, 0.25) is 5.02 Å². The lowest BCUT2D eigenvalue weighted by Crippen LogP contribution is -2.62. The molecule has 2 saturated heterocycles. The number of aromatic nitrogens is 3. The van der Waals surface area contributed by atoms with Gasteiger partial charge in [-0.3, -0.25) is 19.1 Å². The lowest BCUT2D eigenvalue weighted by Gasteiger charge is -2.53. The Balaban J connectivity index is 1.28. The number of aromatic amines is 1. The summed E-state index contributed by atoms with van der Waals surface area (Å²) in [5.41, 5.74) is 0.649. The molecule has 0 radical (unpaired) electrons. The second-order valence-electron chi connectivity index (χ2n) is 8.52. The second-order valence-corrected chi connectivity index (χ2v) is 8.96. The van der Waals surface area contributed by atoms with E-state index >= 15 is 0 Å². The highest BCUT2D eigenvalue weighted by molar-refractivity contribution is 6.30. The van der Waals surface area contributed by atoms with Gasteiger partial charge >= 0.3 is 0 Å². The van der Waals surface area contributed by atoms with Gasteiger partial charge in [-0.2, -0.15) is 0 Å². The number of piperidine rings is 1. The van der Waals surface area contributed by atoms with Gasteiger partial charge in [0.05, 0.1) is 10.7 Å². The number of nitrogens with zero attached hydrogens (tertiary/aromatic N) is 3. The summed E-state index contributed by atoms with van der Waals surface area (Å²) in [7, 11) is 0. The normalized spacial score (nSPS) is 17.2. The van der Waals surface area contributed by atoms with Gasteiger partial charge in [0.15, 0.2) is 0 Å². The van der Waals surface area contributed by atoms with E-state index in [0.29, 0.717) is 21.9 Å². The molecule has 8 nitrogen and oxygen atoms in total. The molecule has 166 valence electrons. The Morgan fingerprint density at radius 3 is 2.72 bits per heavy atom. The Kier molecular flexibility index (Phi) is 5.48. The van der Waals surface area contributed by atoms with E-state index in [4.69, 9.17) is 16.3 Å². The molecule has 0 aromatic carbocycles. The standard InChI is InChI=1S/C23H24ClN5O3/c24-16-2-3-17(26-11-16)12-32-18-6-9-29(21(30)10-18)19-4-5-20(27-22(19)31)28-14-23(15-28)7-1-8-25-13-23/h2-6,9-11,25H,1,7-8,12-15H2,(H,27,31). The lowest BCUT2D eigenvalue weighted by molar-refractivity contribution is 0.156. The van der Waals surface area contributed by atoms with E-state index in [1.54, 1.807) is 36.7 Å². The quantitative estimate of drug-likeness (QED) is 0.616. The third-order valence-electron chi connectivity index (χ3n) is 6.15. The highest BCUT2D eigenvalue weighted by Crippen LogP contribution is 2.38. The zero-order chi connectivity index (χ0) is 22.1. The van der Waals surface area contributed by atoms with Crippen molar-refractivity contribution in [2.45, 2.75) is 19.4 Å². The molecule has 0 aliphatic carbocycles. The number of nitrogens with one attached hydrogen (secondary N) is 2. The summed E-state index contributed by atoms with van der Waals surface area (Å²) in [5.74, 6) is 1.20. The van der Waals surface area contributed by atoms with Crippen molar-refractivity contribution >= 4 is 17.4 Å². The Morgan fingerprint density at radius 1 is 1.16 bits per heavy atom. The third-order valence-corrected chi connectivity index (χ3v) is 6.38. The van der Waals surface area contributed by atoms with Crippen LogP contribution in [0.1, 0.15) is 18.5 Å². The Labute approximate surface area is 189 Å². The molecule has 5 heterocycles. The van der Waals surface area contributed by atoms with E-state index in [0.717, 1.165) is 32.0 Å². The smallest absolute Gasteiger partial charge is 0.273 e. The molecule has 9 heteroatoms. The van der Waals surface area contributed by atoms with Crippen LogP contribution in [0, 0.1) is 5.41 Å². The van der Waals surface area contributed by atoms with Crippen LogP contribution in [-0.2, 0) is 6.61 Å². The SMILES string of the molecule is O=c1[nH]c(N2CC3(CCCNC3)C2)ccc1-n1ccc(OCc2ccc(Cl)cn2)cc1=O. The summed E-state index contributed by atoms with van der Waals surface area (Å²) in [4.78, 5) is 34.6. The van der Waals surface area contributed by atoms with Crippen molar-refractivity contribution in [3.63, 3.8) is 0 Å². The minimum Gasteiger partial charge on any atom is -0.487 e. The minimum absolute atomic E-state index is 0.211. The molecule has 0 amide bonds. The van der Waals surface area contributed by atoms with E-state index in [9.17, 15) is 9.59 Å². The number of anilines is 1. The summed E-state index contributed by atoms with van der Waals surface area (Å²) in [6.07, 6.45) is 5.50. The number of ether oxygens (including phenoxy) is 1. The predicted octanol–water partition coefficient (Wildman–Crippen LogP) is 2.34. The topological polar surface area (TPSA) is 92.2 Å². The molecule has 0 atom stereocenters. The monoisotopic (exact) mass is 453 g/mol. The highest BCUT2D eigenvalue weighted by atomic mass is 35.5. The first-order chi connectivity index (χ1) is 15.5. The van der Waals surface area contributed by atoms with Crippen molar-refractivity contribution in [3.8, 4) is 11.4 Å². The first-order valence-electron chi connectivity index (χ1n) is 10.7. The molecule has 3 aromatic heterocycles. The first-order valence-corrected chi connectivity index (χ1v) is 11.0. The van der Waals surface area contributed by atoms with Crippen LogP contribution in [0.4, 0.5) is 5.82 Å². The van der Waals surface area contributed by atoms with Crippen LogP contribution in [0.3, 0.4) is 0 Å². The predicted molar refractivity (Wildman–Crippen MR) is 123 cm³/mol. The van der Waals surface area contributed by atoms with Gasteiger partial charge in [-0.05, 0) is 49.7 Å². The summed E-state index contributed by atoms with van der Waals surface area (Å²) in [5, 5.41) is 4.02. The van der Waals surface area contributed by atoms with Gasteiger partial charge < -0.3 is 19.9 Å². The third kappa shape index (κ3) is 4.16. The first kappa shape index (κ1) is 20.8. The summed E-state index contributed by atoms with van der Waals surface area (Å²) >= 11 is 5.83. The summed E-state index contributed by atoms with van der Waals surface area (Å²) in [6, 6.07) is 10.1. The van der Waals surface area contributed by atoms with Gasteiger partial charge in [-0.25, -0.2) is 0 Å². The Bertz CT molecular complexity index is 1220. The van der Waals surface area contributed by atoms with Gasteiger partial charge in [-0.15, -0.1) is 0 Å². The minimum atomic E-state index is -0.346. The number of rotatable bonds is 5. The van der Waals surface area contributed by atoms with Crippen LogP contribution in [-0.4, -0.2) is 40.7 Å². The van der Waals surface area contributed by atoms with E-state index in [-0.39, 0.29) is 23.4 Å². The lowest BCUT2D eigenvalue weighted by atomic mass is 9.74. The zero-order valence-corrected chi connectivity index (χ0v) is 18.3. The van der Waals surface area contributed by atoms with Gasteiger partial charge in [-0.1, -0.05) is 11.6 Å². The highest BCUT2D eigenvalue weighted by Gasteiger charge is 2.43. The number of hydrogen-bond donors (Lipinski definition) is 2. The molecule has 2 N–H and O–H groups in total. The average molecular weight is 454 g/mol. The Morgan fingerprint density at radius 2 is 2.03 bits per heavy atom. The summed E-state index contributed by atoms with van der Waals surface area (Å²) in [6.45, 7) is 4.20. The van der Waals surface area contributed by atoms with Crippen molar-refractivity contribution in [2.75, 3.05) is 31.1 Å². The molecule has 2 fully saturated rings. The van der Waals surface area contributed by atoms with Gasteiger partial charge in [0, 0.05) is 43.5 Å². The number of hydrogen-bond acceptors (Lipinski definition) is 6. The van der Waals surface area contributed by atoms with Crippen molar-refractivity contribution in [3.05, 3.63) is 80.2 Å². The molecular weight excluding hydrogens is 430 g/mol. The van der Waals surface area contributed by atoms with Gasteiger partial charge in [0.1, 0.15) is 23.9 Å². The van der Waals surface area contributed by atoms with Crippen molar-refractivity contribution in [2.24, 2.45) is 5.41 Å². The van der Waals surface area contributed by atoms with Crippen LogP contribution in [0.15, 0.2) is 58.4 Å². The fourth-order valence-corrected chi connectivity index (χ4v) is 4.57. The van der Waals surface area contributed by atoms with Crippen LogP contribution in [0.5, 0.6) is 5.75 Å². The molecule has 0 bridgehead atoms. The maximum absolute atomic E-state index is 12.7. The molecule has 32 heavy (non-hydrogen) atoms. The molecular formula is C23H24ClN5O3. The van der Waals surface area contributed by atoms with Crippen molar-refractivity contribution in [1.29, 1.82) is 0 Å². The fourth-order valence-electron chi connectivity index (χ4n) is 4.46. The van der Waals surface area contributed by atoms with E-state index < -0.39 is 0 Å². The fraction of sp³-hybridized carbons (Fsp3) is 0.348. The number of pyridine rings is 3. The molecule has 5 rings (SSSR count).